The quantitative estimate of drug-likeness (QED) is 0.757. The Morgan fingerprint density at radius 3 is 2.33 bits per heavy atom. The highest BCUT2D eigenvalue weighted by Crippen LogP contribution is 2.37. The molecule has 0 aliphatic carbocycles. The summed E-state index contributed by atoms with van der Waals surface area (Å²) in [7, 11) is 0. The molecule has 2 heterocycles. The Kier molecular flexibility index (Phi) is 4.91. The Bertz CT molecular complexity index is 970. The number of amides is 2. The second kappa shape index (κ2) is 7.30. The fraction of sp³-hybridized carbons (Fsp3) is 0.333. The SMILES string of the molecule is O=C(c1cc(F)cc(C(F)(F)F)c1)N1CCC2(CC1)C(=O)NCN2c1ccccc1. The van der Waals surface area contributed by atoms with Gasteiger partial charge >= 0.3 is 6.18 Å². The molecule has 2 aromatic carbocycles. The molecule has 2 amide bonds. The van der Waals surface area contributed by atoms with Gasteiger partial charge in [0.05, 0.1) is 12.2 Å². The molecule has 1 N–H and O–H groups in total. The van der Waals surface area contributed by atoms with Crippen LogP contribution in [0.5, 0.6) is 0 Å². The molecule has 2 fully saturated rings. The van der Waals surface area contributed by atoms with Crippen molar-refractivity contribution in [3.8, 4) is 0 Å². The standard InChI is InChI=1S/C21H19F4N3O2/c22-16-11-14(10-15(12-16)21(23,24)25)18(29)27-8-6-20(7-9-27)19(30)26-13-28(20)17-4-2-1-3-5-17/h1-5,10-12H,6-9,13H2,(H,26,30). The van der Waals surface area contributed by atoms with E-state index in [0.717, 1.165) is 11.8 Å². The predicted octanol–water partition coefficient (Wildman–Crippen LogP) is 3.41. The zero-order valence-electron chi connectivity index (χ0n) is 15.9. The van der Waals surface area contributed by atoms with Crippen LogP contribution in [0.15, 0.2) is 48.5 Å². The van der Waals surface area contributed by atoms with Crippen molar-refractivity contribution in [3.05, 3.63) is 65.5 Å². The van der Waals surface area contributed by atoms with Gasteiger partial charge in [0.25, 0.3) is 5.91 Å². The second-order valence-electron chi connectivity index (χ2n) is 7.48. The number of likely N-dealkylation sites (tertiary alicyclic amines) is 1. The van der Waals surface area contributed by atoms with Gasteiger partial charge in [-0.1, -0.05) is 18.2 Å². The van der Waals surface area contributed by atoms with E-state index in [1.807, 2.05) is 35.2 Å². The van der Waals surface area contributed by atoms with Crippen molar-refractivity contribution < 1.29 is 27.2 Å². The third-order valence-corrected chi connectivity index (χ3v) is 5.75. The smallest absolute Gasteiger partial charge is 0.339 e. The van der Waals surface area contributed by atoms with Gasteiger partial charge in [0, 0.05) is 24.3 Å². The number of anilines is 1. The molecule has 9 heteroatoms. The lowest BCUT2D eigenvalue weighted by molar-refractivity contribution is -0.137. The highest BCUT2D eigenvalue weighted by atomic mass is 19.4. The Balaban J connectivity index is 1.54. The summed E-state index contributed by atoms with van der Waals surface area (Å²) < 4.78 is 52.6. The molecule has 158 valence electrons. The molecule has 0 unspecified atom stereocenters. The summed E-state index contributed by atoms with van der Waals surface area (Å²) in [4.78, 5) is 28.7. The van der Waals surface area contributed by atoms with Crippen molar-refractivity contribution >= 4 is 17.5 Å². The predicted molar refractivity (Wildman–Crippen MR) is 101 cm³/mol. The third-order valence-electron chi connectivity index (χ3n) is 5.75. The van der Waals surface area contributed by atoms with E-state index in [1.54, 1.807) is 0 Å². The number of carbonyl (C=O) groups is 2. The molecule has 4 rings (SSSR count). The van der Waals surface area contributed by atoms with Crippen molar-refractivity contribution in [3.63, 3.8) is 0 Å². The summed E-state index contributed by atoms with van der Waals surface area (Å²) in [5.41, 5.74) is -1.51. The molecular formula is C21H19F4N3O2. The van der Waals surface area contributed by atoms with E-state index in [1.165, 1.54) is 4.90 Å². The summed E-state index contributed by atoms with van der Waals surface area (Å²) in [6.45, 7) is 0.691. The summed E-state index contributed by atoms with van der Waals surface area (Å²) in [6, 6.07) is 11.2. The number of para-hydroxylation sites is 1. The van der Waals surface area contributed by atoms with Crippen molar-refractivity contribution in [2.45, 2.75) is 24.6 Å². The average molecular weight is 421 g/mol. The normalized spacial score (nSPS) is 18.6. The highest BCUT2D eigenvalue weighted by Gasteiger charge is 2.50. The topological polar surface area (TPSA) is 52.7 Å². The van der Waals surface area contributed by atoms with Crippen molar-refractivity contribution in [2.24, 2.45) is 0 Å². The van der Waals surface area contributed by atoms with Crippen molar-refractivity contribution in [2.75, 3.05) is 24.7 Å². The molecule has 5 nitrogen and oxygen atoms in total. The van der Waals surface area contributed by atoms with Gasteiger partial charge in [0.15, 0.2) is 0 Å². The average Bonchev–Trinajstić information content (AvgIpc) is 3.03. The van der Waals surface area contributed by atoms with Crippen LogP contribution in [0.4, 0.5) is 23.2 Å². The number of alkyl halides is 3. The minimum atomic E-state index is -4.75. The first-order valence-electron chi connectivity index (χ1n) is 9.49. The molecule has 0 atom stereocenters. The van der Waals surface area contributed by atoms with Gasteiger partial charge in [0.2, 0.25) is 5.91 Å². The summed E-state index contributed by atoms with van der Waals surface area (Å²) in [6.07, 6.45) is -4.11. The number of rotatable bonds is 2. The molecule has 0 saturated carbocycles. The van der Waals surface area contributed by atoms with Crippen LogP contribution in [-0.2, 0) is 11.0 Å². The maximum Gasteiger partial charge on any atom is 0.416 e. The Morgan fingerprint density at radius 2 is 1.70 bits per heavy atom. The van der Waals surface area contributed by atoms with Crippen LogP contribution in [0.1, 0.15) is 28.8 Å². The van der Waals surface area contributed by atoms with Crippen LogP contribution in [0.2, 0.25) is 0 Å². The molecule has 2 aromatic rings. The van der Waals surface area contributed by atoms with Crippen LogP contribution in [0, 0.1) is 5.82 Å². The van der Waals surface area contributed by atoms with E-state index in [9.17, 15) is 27.2 Å². The van der Waals surface area contributed by atoms with E-state index in [2.05, 4.69) is 5.32 Å². The molecular weight excluding hydrogens is 402 g/mol. The van der Waals surface area contributed by atoms with E-state index in [4.69, 9.17) is 0 Å². The van der Waals surface area contributed by atoms with E-state index in [-0.39, 0.29) is 24.6 Å². The number of nitrogens with zero attached hydrogens (tertiary/aromatic N) is 2. The van der Waals surface area contributed by atoms with Gasteiger partial charge in [-0.3, -0.25) is 9.59 Å². The minimum Gasteiger partial charge on any atom is -0.339 e. The van der Waals surface area contributed by atoms with E-state index < -0.39 is 29.0 Å². The molecule has 1 spiro atoms. The lowest BCUT2D eigenvalue weighted by atomic mass is 9.85. The molecule has 2 aliphatic rings. The Labute approximate surface area is 170 Å². The van der Waals surface area contributed by atoms with Crippen molar-refractivity contribution in [1.29, 1.82) is 0 Å². The first-order valence-corrected chi connectivity index (χ1v) is 9.49. The van der Waals surface area contributed by atoms with Crippen LogP contribution in [0.25, 0.3) is 0 Å². The monoisotopic (exact) mass is 421 g/mol. The number of carbonyl (C=O) groups excluding carboxylic acids is 2. The molecule has 30 heavy (non-hydrogen) atoms. The highest BCUT2D eigenvalue weighted by molar-refractivity contribution is 5.96. The van der Waals surface area contributed by atoms with E-state index >= 15 is 0 Å². The van der Waals surface area contributed by atoms with Crippen LogP contribution in [-0.4, -0.2) is 42.0 Å². The number of halogens is 4. The molecule has 0 radical (unpaired) electrons. The minimum absolute atomic E-state index is 0.136. The molecule has 0 bridgehead atoms. The third kappa shape index (κ3) is 3.48. The lowest BCUT2D eigenvalue weighted by Crippen LogP contribution is -2.57. The summed E-state index contributed by atoms with van der Waals surface area (Å²) in [5, 5.41) is 2.84. The maximum atomic E-state index is 13.7. The van der Waals surface area contributed by atoms with Gasteiger partial charge in [-0.2, -0.15) is 13.2 Å². The first kappa shape index (κ1) is 20.2. The van der Waals surface area contributed by atoms with Crippen molar-refractivity contribution in [1.82, 2.24) is 10.2 Å². The van der Waals surface area contributed by atoms with Gasteiger partial charge in [-0.15, -0.1) is 0 Å². The lowest BCUT2D eigenvalue weighted by Gasteiger charge is -2.43. The molecule has 2 saturated heterocycles. The van der Waals surface area contributed by atoms with Gasteiger partial charge < -0.3 is 15.1 Å². The number of hydrogen-bond donors (Lipinski definition) is 1. The zero-order valence-corrected chi connectivity index (χ0v) is 15.9. The second-order valence-corrected chi connectivity index (χ2v) is 7.48. The number of benzene rings is 2. The van der Waals surface area contributed by atoms with Gasteiger partial charge in [-0.05, 0) is 43.2 Å². The fourth-order valence-electron chi connectivity index (χ4n) is 4.17. The summed E-state index contributed by atoms with van der Waals surface area (Å²) >= 11 is 0. The number of piperidine rings is 1. The maximum absolute atomic E-state index is 13.7. The fourth-order valence-corrected chi connectivity index (χ4v) is 4.17. The molecule has 0 aromatic heterocycles. The first-order chi connectivity index (χ1) is 14.2. The zero-order chi connectivity index (χ0) is 21.5. The van der Waals surface area contributed by atoms with Gasteiger partial charge in [0.1, 0.15) is 11.4 Å². The summed E-state index contributed by atoms with van der Waals surface area (Å²) in [5.74, 6) is -1.94. The van der Waals surface area contributed by atoms with E-state index in [0.29, 0.717) is 31.6 Å². The number of nitrogens with one attached hydrogen (secondary N) is 1. The number of hydrogen-bond acceptors (Lipinski definition) is 3. The molecule has 2 aliphatic heterocycles. The van der Waals surface area contributed by atoms with Crippen LogP contribution < -0.4 is 10.2 Å². The van der Waals surface area contributed by atoms with Crippen LogP contribution >= 0.6 is 0 Å². The largest absolute Gasteiger partial charge is 0.416 e. The van der Waals surface area contributed by atoms with Gasteiger partial charge in [-0.25, -0.2) is 4.39 Å². The Morgan fingerprint density at radius 1 is 1.03 bits per heavy atom. The Hall–Kier alpha value is -3.10. The van der Waals surface area contributed by atoms with Crippen LogP contribution in [0.3, 0.4) is 0 Å².